The fraction of sp³-hybridized carbons (Fsp3) is 0.643. The molecule has 0 spiro atoms. The second-order valence-electron chi connectivity index (χ2n) is 11.1. The van der Waals surface area contributed by atoms with Crippen molar-refractivity contribution in [2.24, 2.45) is 28.6 Å². The maximum atomic E-state index is 12.6. The van der Waals surface area contributed by atoms with Crippen LogP contribution < -0.4 is 0 Å². The minimum absolute atomic E-state index is 0.0211. The van der Waals surface area contributed by atoms with Crippen molar-refractivity contribution < 1.29 is 19.1 Å². The SMILES string of the molecule is CC(=O)O[C@@H]1CC[C@@H]2[C@@H]3CC=C4C[C@@H](OC(=O)c5ccccc5)CC[C@]4(C)[C@H]3CC[C@@]21C. The Labute approximate surface area is 191 Å². The number of fused-ring (bicyclic) bond motifs is 5. The van der Waals surface area contributed by atoms with Crippen LogP contribution in [0, 0.1) is 28.6 Å². The molecule has 0 saturated heterocycles. The van der Waals surface area contributed by atoms with Gasteiger partial charge in [-0.1, -0.05) is 43.7 Å². The third-order valence-electron chi connectivity index (χ3n) is 9.56. The minimum atomic E-state index is -0.204. The van der Waals surface area contributed by atoms with Gasteiger partial charge in [0.1, 0.15) is 12.2 Å². The van der Waals surface area contributed by atoms with E-state index >= 15 is 0 Å². The first kappa shape index (κ1) is 21.7. The van der Waals surface area contributed by atoms with Gasteiger partial charge in [-0.2, -0.15) is 0 Å². The number of ether oxygens (including phenoxy) is 2. The predicted octanol–water partition coefficient (Wildman–Crippen LogP) is 6.11. The third kappa shape index (κ3) is 3.50. The van der Waals surface area contributed by atoms with E-state index in [9.17, 15) is 9.59 Å². The molecule has 1 aromatic carbocycles. The van der Waals surface area contributed by atoms with Gasteiger partial charge in [-0.25, -0.2) is 4.79 Å². The number of allylic oxidation sites excluding steroid dienone is 1. The summed E-state index contributed by atoms with van der Waals surface area (Å²) in [7, 11) is 0. The van der Waals surface area contributed by atoms with Gasteiger partial charge in [0.05, 0.1) is 5.56 Å². The van der Waals surface area contributed by atoms with Crippen LogP contribution >= 0.6 is 0 Å². The molecule has 0 N–H and O–H groups in total. The van der Waals surface area contributed by atoms with E-state index in [-0.39, 0.29) is 35.0 Å². The number of esters is 2. The van der Waals surface area contributed by atoms with Crippen LogP contribution in [-0.4, -0.2) is 24.1 Å². The summed E-state index contributed by atoms with van der Waals surface area (Å²) >= 11 is 0. The van der Waals surface area contributed by atoms with Crippen LogP contribution in [-0.2, 0) is 14.3 Å². The van der Waals surface area contributed by atoms with Crippen LogP contribution in [0.15, 0.2) is 42.0 Å². The lowest BCUT2D eigenvalue weighted by Gasteiger charge is -2.57. The summed E-state index contributed by atoms with van der Waals surface area (Å²) in [4.78, 5) is 24.2. The van der Waals surface area contributed by atoms with Gasteiger partial charge in [-0.3, -0.25) is 4.79 Å². The van der Waals surface area contributed by atoms with Crippen LogP contribution in [0.4, 0.5) is 0 Å². The zero-order chi connectivity index (χ0) is 22.5. The van der Waals surface area contributed by atoms with Gasteiger partial charge in [0.2, 0.25) is 0 Å². The Kier molecular flexibility index (Phi) is 5.46. The maximum Gasteiger partial charge on any atom is 0.338 e. The van der Waals surface area contributed by atoms with E-state index < -0.39 is 0 Å². The highest BCUT2D eigenvalue weighted by atomic mass is 16.5. The highest BCUT2D eigenvalue weighted by Crippen LogP contribution is 2.65. The van der Waals surface area contributed by atoms with E-state index in [1.165, 1.54) is 18.4 Å². The lowest BCUT2D eigenvalue weighted by Crippen LogP contribution is -2.51. The van der Waals surface area contributed by atoms with Gasteiger partial charge in [0.25, 0.3) is 0 Å². The minimum Gasteiger partial charge on any atom is -0.462 e. The fourth-order valence-electron chi connectivity index (χ4n) is 7.87. The Morgan fingerprint density at radius 1 is 0.938 bits per heavy atom. The Balaban J connectivity index is 1.31. The number of hydrogen-bond donors (Lipinski definition) is 0. The quantitative estimate of drug-likeness (QED) is 0.424. The van der Waals surface area contributed by atoms with Crippen LogP contribution in [0.25, 0.3) is 0 Å². The summed E-state index contributed by atoms with van der Waals surface area (Å²) < 4.78 is 11.7. The number of benzene rings is 1. The second-order valence-corrected chi connectivity index (χ2v) is 11.1. The van der Waals surface area contributed by atoms with Crippen molar-refractivity contribution in [3.8, 4) is 0 Å². The van der Waals surface area contributed by atoms with Crippen LogP contribution in [0.2, 0.25) is 0 Å². The number of rotatable bonds is 3. The highest BCUT2D eigenvalue weighted by Gasteiger charge is 2.59. The topological polar surface area (TPSA) is 52.6 Å². The molecule has 0 amide bonds. The molecule has 172 valence electrons. The van der Waals surface area contributed by atoms with E-state index in [1.807, 2.05) is 30.3 Å². The molecular weight excluding hydrogens is 400 g/mol. The summed E-state index contributed by atoms with van der Waals surface area (Å²) in [6.45, 7) is 6.38. The van der Waals surface area contributed by atoms with Crippen molar-refractivity contribution in [2.45, 2.75) is 84.3 Å². The molecular formula is C28H36O4. The Hall–Kier alpha value is -2.10. The van der Waals surface area contributed by atoms with E-state index in [1.54, 1.807) is 6.92 Å². The average molecular weight is 437 g/mol. The molecule has 32 heavy (non-hydrogen) atoms. The summed E-state index contributed by atoms with van der Waals surface area (Å²) in [6.07, 6.45) is 11.1. The summed E-state index contributed by atoms with van der Waals surface area (Å²) in [5.41, 5.74) is 2.47. The van der Waals surface area contributed by atoms with Crippen molar-refractivity contribution in [3.63, 3.8) is 0 Å². The van der Waals surface area contributed by atoms with Gasteiger partial charge in [0, 0.05) is 18.8 Å². The standard InChI is InChI=1S/C28H36O4/c1-18(29)31-25-12-11-23-22-10-9-20-17-21(32-26(30)19-7-5-4-6-8-19)13-15-27(20,2)24(22)14-16-28(23,25)3/h4-9,21-25H,10-17H2,1-3H3/t21-,22-,23+,24-,25+,27-,28-/m0/s1. The normalized spacial score (nSPS) is 40.3. The van der Waals surface area contributed by atoms with Crippen molar-refractivity contribution >= 4 is 11.9 Å². The predicted molar refractivity (Wildman–Crippen MR) is 123 cm³/mol. The van der Waals surface area contributed by atoms with Gasteiger partial charge >= 0.3 is 11.9 Å². The Morgan fingerprint density at radius 3 is 2.47 bits per heavy atom. The molecule has 1 aromatic rings. The summed E-state index contributed by atoms with van der Waals surface area (Å²) in [5.74, 6) is 1.65. The molecule has 3 saturated carbocycles. The van der Waals surface area contributed by atoms with Gasteiger partial charge in [0.15, 0.2) is 0 Å². The Morgan fingerprint density at radius 2 is 1.72 bits per heavy atom. The molecule has 0 bridgehead atoms. The molecule has 4 heteroatoms. The van der Waals surface area contributed by atoms with Crippen LogP contribution in [0.3, 0.4) is 0 Å². The van der Waals surface area contributed by atoms with Crippen molar-refractivity contribution in [3.05, 3.63) is 47.5 Å². The fourth-order valence-corrected chi connectivity index (χ4v) is 7.87. The van der Waals surface area contributed by atoms with Crippen molar-refractivity contribution in [2.75, 3.05) is 0 Å². The van der Waals surface area contributed by atoms with Crippen LogP contribution in [0.5, 0.6) is 0 Å². The maximum absolute atomic E-state index is 12.6. The molecule has 0 aromatic heterocycles. The molecule has 0 radical (unpaired) electrons. The Bertz CT molecular complexity index is 921. The first-order valence-corrected chi connectivity index (χ1v) is 12.4. The molecule has 5 rings (SSSR count). The van der Waals surface area contributed by atoms with E-state index in [0.29, 0.717) is 23.3 Å². The van der Waals surface area contributed by atoms with Crippen molar-refractivity contribution in [1.82, 2.24) is 0 Å². The number of carbonyl (C=O) groups is 2. The monoisotopic (exact) mass is 436 g/mol. The first-order chi connectivity index (χ1) is 15.3. The zero-order valence-corrected chi connectivity index (χ0v) is 19.6. The molecule has 4 aliphatic carbocycles. The van der Waals surface area contributed by atoms with Gasteiger partial charge in [-0.05, 0) is 80.2 Å². The van der Waals surface area contributed by atoms with Gasteiger partial charge in [-0.15, -0.1) is 0 Å². The number of carbonyl (C=O) groups excluding carboxylic acids is 2. The van der Waals surface area contributed by atoms with E-state index in [2.05, 4.69) is 19.9 Å². The summed E-state index contributed by atoms with van der Waals surface area (Å²) in [6, 6.07) is 9.32. The first-order valence-electron chi connectivity index (χ1n) is 12.4. The highest BCUT2D eigenvalue weighted by molar-refractivity contribution is 5.89. The lowest BCUT2D eigenvalue weighted by atomic mass is 9.48. The van der Waals surface area contributed by atoms with Crippen molar-refractivity contribution in [1.29, 1.82) is 0 Å². The van der Waals surface area contributed by atoms with Gasteiger partial charge < -0.3 is 9.47 Å². The smallest absolute Gasteiger partial charge is 0.338 e. The van der Waals surface area contributed by atoms with E-state index in [4.69, 9.17) is 9.47 Å². The molecule has 3 fully saturated rings. The average Bonchev–Trinajstić information content (AvgIpc) is 3.10. The zero-order valence-electron chi connectivity index (χ0n) is 19.6. The molecule has 4 nitrogen and oxygen atoms in total. The molecule has 7 atom stereocenters. The molecule has 4 aliphatic rings. The third-order valence-corrected chi connectivity index (χ3v) is 9.56. The van der Waals surface area contributed by atoms with Crippen LogP contribution in [0.1, 0.15) is 82.5 Å². The van der Waals surface area contributed by atoms with E-state index in [0.717, 1.165) is 38.5 Å². The molecule has 0 aliphatic heterocycles. The summed E-state index contributed by atoms with van der Waals surface area (Å²) in [5, 5.41) is 0. The largest absolute Gasteiger partial charge is 0.462 e. The molecule has 0 heterocycles. The number of hydrogen-bond acceptors (Lipinski definition) is 4. The molecule has 0 unspecified atom stereocenters. The lowest BCUT2D eigenvalue weighted by molar-refractivity contribution is -0.156. The second kappa shape index (κ2) is 8.04.